The summed E-state index contributed by atoms with van der Waals surface area (Å²) >= 11 is 0. The zero-order chi connectivity index (χ0) is 15.7. The van der Waals surface area contributed by atoms with Crippen molar-refractivity contribution in [3.63, 3.8) is 0 Å². The van der Waals surface area contributed by atoms with E-state index in [0.29, 0.717) is 0 Å². The van der Waals surface area contributed by atoms with E-state index >= 15 is 0 Å². The topological polar surface area (TPSA) is 63.4 Å². The van der Waals surface area contributed by atoms with Gasteiger partial charge >= 0.3 is 0 Å². The van der Waals surface area contributed by atoms with Crippen molar-refractivity contribution in [1.82, 2.24) is 4.90 Å². The van der Waals surface area contributed by atoms with Crippen LogP contribution in [0.15, 0.2) is 6.07 Å². The predicted molar refractivity (Wildman–Crippen MR) is 64.1 cm³/mol. The number of benzene rings is 1. The summed E-state index contributed by atoms with van der Waals surface area (Å²) in [6.45, 7) is 0.0624. The van der Waals surface area contributed by atoms with E-state index in [2.05, 4.69) is 0 Å². The Balaban J connectivity index is 2.24. The Kier molecular flexibility index (Phi) is 4.15. The molecule has 0 spiro atoms. The summed E-state index contributed by atoms with van der Waals surface area (Å²) in [4.78, 5) is 24.1. The molecule has 1 heterocycles. The Labute approximate surface area is 117 Å². The van der Waals surface area contributed by atoms with Crippen LogP contribution in [0.4, 0.5) is 17.6 Å². The van der Waals surface area contributed by atoms with Crippen LogP contribution in [0, 0.1) is 29.2 Å². The number of primary amides is 1. The zero-order valence-corrected chi connectivity index (χ0v) is 10.8. The molecule has 2 rings (SSSR count). The van der Waals surface area contributed by atoms with Crippen LogP contribution in [-0.4, -0.2) is 29.8 Å². The van der Waals surface area contributed by atoms with Crippen molar-refractivity contribution in [3.8, 4) is 0 Å². The molecule has 1 aliphatic heterocycles. The van der Waals surface area contributed by atoms with Gasteiger partial charge in [0.05, 0.1) is 0 Å². The fourth-order valence-corrected chi connectivity index (χ4v) is 2.29. The normalized spacial score (nSPS) is 16.1. The molecule has 0 radical (unpaired) electrons. The van der Waals surface area contributed by atoms with Crippen molar-refractivity contribution in [2.24, 2.45) is 11.7 Å². The van der Waals surface area contributed by atoms with E-state index in [0.717, 1.165) is 4.90 Å². The van der Waals surface area contributed by atoms with E-state index in [1.165, 1.54) is 0 Å². The largest absolute Gasteiger partial charge is 0.369 e. The molecule has 21 heavy (non-hydrogen) atoms. The number of nitrogens with zero attached hydrogens (tertiary/aromatic N) is 1. The third-order valence-corrected chi connectivity index (χ3v) is 3.51. The molecule has 1 aliphatic rings. The zero-order valence-electron chi connectivity index (χ0n) is 10.8. The Morgan fingerprint density at radius 2 is 1.52 bits per heavy atom. The standard InChI is InChI=1S/C13H12F4N2O2/c14-7-5-8(15)11(17)9(10(7)16)13(21)19-3-1-6(2-4-19)12(18)20/h5-6H,1-4H2,(H2,18,20). The highest BCUT2D eigenvalue weighted by atomic mass is 19.2. The van der Waals surface area contributed by atoms with E-state index in [-0.39, 0.29) is 32.0 Å². The first-order valence-corrected chi connectivity index (χ1v) is 6.24. The lowest BCUT2D eigenvalue weighted by Crippen LogP contribution is -2.42. The Hall–Kier alpha value is -2.12. The van der Waals surface area contributed by atoms with Crippen molar-refractivity contribution in [1.29, 1.82) is 0 Å². The van der Waals surface area contributed by atoms with E-state index < -0.39 is 46.6 Å². The minimum absolute atomic E-state index is 0.0312. The highest BCUT2D eigenvalue weighted by Gasteiger charge is 2.31. The van der Waals surface area contributed by atoms with Crippen molar-refractivity contribution in [2.45, 2.75) is 12.8 Å². The molecule has 8 heteroatoms. The third kappa shape index (κ3) is 2.84. The van der Waals surface area contributed by atoms with Gasteiger partial charge in [-0.15, -0.1) is 0 Å². The second kappa shape index (κ2) is 5.71. The van der Waals surface area contributed by atoms with Gasteiger partial charge in [-0.25, -0.2) is 17.6 Å². The summed E-state index contributed by atoms with van der Waals surface area (Å²) in [7, 11) is 0. The fourth-order valence-electron chi connectivity index (χ4n) is 2.29. The minimum Gasteiger partial charge on any atom is -0.369 e. The lowest BCUT2D eigenvalue weighted by Gasteiger charge is -2.30. The molecule has 1 fully saturated rings. The van der Waals surface area contributed by atoms with Gasteiger partial charge in [-0.1, -0.05) is 0 Å². The molecule has 0 aliphatic carbocycles. The summed E-state index contributed by atoms with van der Waals surface area (Å²) in [6, 6.07) is 0.0424. The van der Waals surface area contributed by atoms with Gasteiger partial charge in [-0.2, -0.15) is 0 Å². The van der Waals surface area contributed by atoms with Crippen molar-refractivity contribution >= 4 is 11.8 Å². The van der Waals surface area contributed by atoms with Gasteiger partial charge in [-0.3, -0.25) is 9.59 Å². The fraction of sp³-hybridized carbons (Fsp3) is 0.385. The van der Waals surface area contributed by atoms with E-state index in [1.54, 1.807) is 0 Å². The summed E-state index contributed by atoms with van der Waals surface area (Å²) < 4.78 is 53.3. The molecule has 0 unspecified atom stereocenters. The Bertz CT molecular complexity index is 572. The second-order valence-corrected chi connectivity index (χ2v) is 4.81. The van der Waals surface area contributed by atoms with Crippen LogP contribution >= 0.6 is 0 Å². The van der Waals surface area contributed by atoms with Crippen LogP contribution in [-0.2, 0) is 4.79 Å². The molecule has 1 saturated heterocycles. The molecule has 0 saturated carbocycles. The molecule has 0 aromatic heterocycles. The van der Waals surface area contributed by atoms with Crippen LogP contribution in [0.5, 0.6) is 0 Å². The van der Waals surface area contributed by atoms with Crippen LogP contribution in [0.2, 0.25) is 0 Å². The van der Waals surface area contributed by atoms with E-state index in [9.17, 15) is 27.2 Å². The number of amides is 2. The molecular weight excluding hydrogens is 292 g/mol. The van der Waals surface area contributed by atoms with Crippen molar-refractivity contribution < 1.29 is 27.2 Å². The lowest BCUT2D eigenvalue weighted by atomic mass is 9.95. The number of rotatable bonds is 2. The highest BCUT2D eigenvalue weighted by Crippen LogP contribution is 2.24. The molecule has 1 aromatic carbocycles. The van der Waals surface area contributed by atoms with Crippen LogP contribution < -0.4 is 5.73 Å². The van der Waals surface area contributed by atoms with Gasteiger partial charge in [0.1, 0.15) is 5.56 Å². The summed E-state index contributed by atoms with van der Waals surface area (Å²) in [5.74, 6) is -8.81. The molecule has 0 bridgehead atoms. The third-order valence-electron chi connectivity index (χ3n) is 3.51. The monoisotopic (exact) mass is 304 g/mol. The molecular formula is C13H12F4N2O2. The van der Waals surface area contributed by atoms with Gasteiger partial charge in [0.15, 0.2) is 23.3 Å². The number of nitrogens with two attached hydrogens (primary N) is 1. The van der Waals surface area contributed by atoms with Crippen molar-refractivity contribution in [2.75, 3.05) is 13.1 Å². The van der Waals surface area contributed by atoms with Gasteiger partial charge < -0.3 is 10.6 Å². The molecule has 114 valence electrons. The predicted octanol–water partition coefficient (Wildman–Crippen LogP) is 1.58. The number of piperidine rings is 1. The van der Waals surface area contributed by atoms with Crippen LogP contribution in [0.3, 0.4) is 0 Å². The van der Waals surface area contributed by atoms with E-state index in [4.69, 9.17) is 5.73 Å². The lowest BCUT2D eigenvalue weighted by molar-refractivity contribution is -0.123. The number of likely N-dealkylation sites (tertiary alicyclic amines) is 1. The summed E-state index contributed by atoms with van der Waals surface area (Å²) in [5.41, 5.74) is 3.87. The second-order valence-electron chi connectivity index (χ2n) is 4.81. The Morgan fingerprint density at radius 3 is 1.95 bits per heavy atom. The highest BCUT2D eigenvalue weighted by molar-refractivity contribution is 5.95. The molecule has 1 aromatic rings. The average molecular weight is 304 g/mol. The maximum Gasteiger partial charge on any atom is 0.260 e. The molecule has 2 amide bonds. The summed E-state index contributed by atoms with van der Waals surface area (Å²) in [6.07, 6.45) is 0.476. The smallest absolute Gasteiger partial charge is 0.260 e. The molecule has 0 atom stereocenters. The SMILES string of the molecule is NC(=O)C1CCN(C(=O)c2c(F)c(F)cc(F)c2F)CC1. The number of halogens is 4. The first kappa shape index (κ1) is 15.3. The average Bonchev–Trinajstić information content (AvgIpc) is 2.45. The van der Waals surface area contributed by atoms with E-state index in [1.807, 2.05) is 0 Å². The minimum atomic E-state index is -1.73. The summed E-state index contributed by atoms with van der Waals surface area (Å²) in [5, 5.41) is 0. The maximum atomic E-state index is 13.5. The maximum absolute atomic E-state index is 13.5. The van der Waals surface area contributed by atoms with Gasteiger partial charge in [0, 0.05) is 25.1 Å². The molecule has 2 N–H and O–H groups in total. The van der Waals surface area contributed by atoms with Crippen molar-refractivity contribution in [3.05, 3.63) is 34.9 Å². The van der Waals surface area contributed by atoms with Gasteiger partial charge in [-0.05, 0) is 12.8 Å². The number of carbonyl (C=O) groups excluding carboxylic acids is 2. The first-order chi connectivity index (χ1) is 9.82. The number of carbonyl (C=O) groups is 2. The van der Waals surface area contributed by atoms with Crippen LogP contribution in [0.25, 0.3) is 0 Å². The molecule has 4 nitrogen and oxygen atoms in total. The number of hydrogen-bond acceptors (Lipinski definition) is 2. The first-order valence-electron chi connectivity index (χ1n) is 6.24. The van der Waals surface area contributed by atoms with Gasteiger partial charge in [0.25, 0.3) is 5.91 Å². The van der Waals surface area contributed by atoms with Gasteiger partial charge in [0.2, 0.25) is 5.91 Å². The Morgan fingerprint density at radius 1 is 1.05 bits per heavy atom. The van der Waals surface area contributed by atoms with Crippen LogP contribution in [0.1, 0.15) is 23.2 Å². The quantitative estimate of drug-likeness (QED) is 0.666. The number of hydrogen-bond donors (Lipinski definition) is 1.